The van der Waals surface area contributed by atoms with Crippen molar-refractivity contribution in [2.45, 2.75) is 27.7 Å². The molecule has 0 atom stereocenters. The van der Waals surface area contributed by atoms with Gasteiger partial charge in [-0.2, -0.15) is 0 Å². The molecule has 0 spiro atoms. The van der Waals surface area contributed by atoms with Gasteiger partial charge in [0, 0.05) is 13.5 Å². The Morgan fingerprint density at radius 2 is 1.79 bits per heavy atom. The van der Waals surface area contributed by atoms with Gasteiger partial charge in [0.05, 0.1) is 0 Å². The third-order valence-corrected chi connectivity index (χ3v) is 1.65. The van der Waals surface area contributed by atoms with Crippen LogP contribution in [0.25, 0.3) is 0 Å². The summed E-state index contributed by atoms with van der Waals surface area (Å²) in [5.41, 5.74) is 1.89. The monoisotopic (exact) mass is 195 g/mol. The molecule has 0 heterocycles. The molecule has 80 valence electrons. The van der Waals surface area contributed by atoms with Crippen LogP contribution in [0.15, 0.2) is 24.3 Å². The van der Waals surface area contributed by atoms with Crippen LogP contribution < -0.4 is 5.32 Å². The van der Waals surface area contributed by atoms with E-state index in [2.05, 4.69) is 5.32 Å². The maximum absolute atomic E-state index is 11.2. The topological polar surface area (TPSA) is 29.1 Å². The summed E-state index contributed by atoms with van der Waals surface area (Å²) in [6.07, 6.45) is 0. The van der Waals surface area contributed by atoms with E-state index in [0.717, 1.165) is 5.56 Å². The highest BCUT2D eigenvalue weighted by molar-refractivity contribution is 5.94. The van der Waals surface area contributed by atoms with Crippen molar-refractivity contribution in [3.8, 4) is 0 Å². The lowest BCUT2D eigenvalue weighted by molar-refractivity contribution is 0.0956. The first-order valence-electron chi connectivity index (χ1n) is 5.09. The molecule has 0 aliphatic rings. The zero-order valence-corrected chi connectivity index (χ0v) is 9.42. The Morgan fingerprint density at radius 3 is 2.21 bits per heavy atom. The van der Waals surface area contributed by atoms with Crippen molar-refractivity contribution in [2.75, 3.05) is 6.54 Å². The highest BCUT2D eigenvalue weighted by atomic mass is 16.1. The standard InChI is InChI=1S/C10H13NO.C2H6.H2/c1-3-11-10(12)9-6-4-8(2)5-7-9;1-2;/h4-7H,3H2,1-2H3,(H,11,12);1-2H3;1H. The fraction of sp³-hybridized carbons (Fsp3) is 0.417. The van der Waals surface area contributed by atoms with Crippen molar-refractivity contribution < 1.29 is 6.22 Å². The first kappa shape index (κ1) is 12.7. The predicted octanol–water partition coefficient (Wildman–Crippen LogP) is 3.02. The molecule has 0 unspecified atom stereocenters. The molecule has 2 nitrogen and oxygen atoms in total. The van der Waals surface area contributed by atoms with Crippen LogP contribution in [0, 0.1) is 6.92 Å². The van der Waals surface area contributed by atoms with Gasteiger partial charge in [0.15, 0.2) is 0 Å². The average molecular weight is 195 g/mol. The van der Waals surface area contributed by atoms with Crippen molar-refractivity contribution in [2.24, 2.45) is 0 Å². The molecule has 0 saturated heterocycles. The molecule has 1 aromatic rings. The summed E-state index contributed by atoms with van der Waals surface area (Å²) >= 11 is 0. The molecule has 0 saturated carbocycles. The van der Waals surface area contributed by atoms with Gasteiger partial charge in [-0.15, -0.1) is 0 Å². The van der Waals surface area contributed by atoms with Gasteiger partial charge >= 0.3 is 0 Å². The van der Waals surface area contributed by atoms with E-state index in [0.29, 0.717) is 6.54 Å². The quantitative estimate of drug-likeness (QED) is 0.772. The van der Waals surface area contributed by atoms with Gasteiger partial charge in [-0.3, -0.25) is 4.79 Å². The van der Waals surface area contributed by atoms with Crippen LogP contribution >= 0.6 is 0 Å². The lowest BCUT2D eigenvalue weighted by Crippen LogP contribution is -2.22. The van der Waals surface area contributed by atoms with Gasteiger partial charge < -0.3 is 5.32 Å². The number of rotatable bonds is 2. The van der Waals surface area contributed by atoms with E-state index < -0.39 is 0 Å². The second kappa shape index (κ2) is 7.13. The molecule has 0 aromatic heterocycles. The molecule has 1 rings (SSSR count). The number of amides is 1. The Bertz CT molecular complexity index is 269. The van der Waals surface area contributed by atoms with Gasteiger partial charge in [0.2, 0.25) is 0 Å². The number of hydrogen-bond acceptors (Lipinski definition) is 1. The second-order valence-corrected chi connectivity index (χ2v) is 2.73. The minimum atomic E-state index is -0.00231. The van der Waals surface area contributed by atoms with Gasteiger partial charge in [-0.25, -0.2) is 0 Å². The van der Waals surface area contributed by atoms with Crippen LogP contribution in [0.4, 0.5) is 0 Å². The minimum absolute atomic E-state index is 0. The van der Waals surface area contributed by atoms with E-state index in [1.165, 1.54) is 5.56 Å². The minimum Gasteiger partial charge on any atom is -0.352 e. The van der Waals surface area contributed by atoms with Gasteiger partial charge in [0.25, 0.3) is 5.91 Å². The van der Waals surface area contributed by atoms with E-state index in [4.69, 9.17) is 0 Å². The molecule has 0 bridgehead atoms. The number of benzene rings is 1. The van der Waals surface area contributed by atoms with Crippen LogP contribution in [0.5, 0.6) is 0 Å². The number of carbonyl (C=O) groups excluding carboxylic acids is 1. The summed E-state index contributed by atoms with van der Waals surface area (Å²) in [6, 6.07) is 7.54. The summed E-state index contributed by atoms with van der Waals surface area (Å²) in [7, 11) is 0. The first-order chi connectivity index (χ1) is 6.74. The molecular formula is C12H21NO. The third-order valence-electron chi connectivity index (χ3n) is 1.65. The molecule has 0 aliphatic heterocycles. The van der Waals surface area contributed by atoms with Gasteiger partial charge in [-0.1, -0.05) is 31.5 Å². The zero-order chi connectivity index (χ0) is 11.0. The molecule has 1 N–H and O–H groups in total. The van der Waals surface area contributed by atoms with Crippen LogP contribution in [0.3, 0.4) is 0 Å². The van der Waals surface area contributed by atoms with E-state index in [9.17, 15) is 4.79 Å². The third kappa shape index (κ3) is 4.08. The molecule has 14 heavy (non-hydrogen) atoms. The van der Waals surface area contributed by atoms with Crippen LogP contribution in [-0.4, -0.2) is 12.5 Å². The Balaban J connectivity index is 0. The lowest BCUT2D eigenvalue weighted by atomic mass is 10.1. The summed E-state index contributed by atoms with van der Waals surface area (Å²) in [4.78, 5) is 11.2. The number of aryl methyl sites for hydroxylation is 1. The van der Waals surface area contributed by atoms with Crippen molar-refractivity contribution in [1.82, 2.24) is 5.32 Å². The number of nitrogens with one attached hydrogen (secondary N) is 1. The fourth-order valence-corrected chi connectivity index (χ4v) is 0.968. The average Bonchev–Trinajstić information content (AvgIpc) is 2.22. The van der Waals surface area contributed by atoms with E-state index in [1.54, 1.807) is 0 Å². The summed E-state index contributed by atoms with van der Waals surface area (Å²) < 4.78 is 0. The SMILES string of the molecule is CC.CCNC(=O)c1ccc(C)cc1.[HH]. The fourth-order valence-electron chi connectivity index (χ4n) is 0.968. The van der Waals surface area contributed by atoms with Crippen molar-refractivity contribution in [3.63, 3.8) is 0 Å². The van der Waals surface area contributed by atoms with E-state index >= 15 is 0 Å². The molecule has 1 aromatic carbocycles. The Hall–Kier alpha value is -1.31. The highest BCUT2D eigenvalue weighted by Crippen LogP contribution is 2.02. The molecule has 0 fully saturated rings. The summed E-state index contributed by atoms with van der Waals surface area (Å²) in [6.45, 7) is 8.58. The smallest absolute Gasteiger partial charge is 0.251 e. The van der Waals surface area contributed by atoms with Crippen molar-refractivity contribution in [3.05, 3.63) is 35.4 Å². The van der Waals surface area contributed by atoms with E-state index in [1.807, 2.05) is 52.0 Å². The van der Waals surface area contributed by atoms with Gasteiger partial charge in [-0.05, 0) is 26.0 Å². The maximum atomic E-state index is 11.2. The molecule has 0 radical (unpaired) electrons. The summed E-state index contributed by atoms with van der Waals surface area (Å²) in [5, 5.41) is 2.74. The molecule has 1 amide bonds. The van der Waals surface area contributed by atoms with Crippen LogP contribution in [-0.2, 0) is 0 Å². The Kier molecular flexibility index (Phi) is 6.46. The lowest BCUT2D eigenvalue weighted by Gasteiger charge is -2.01. The molecule has 2 heteroatoms. The number of carbonyl (C=O) groups is 1. The molecular weight excluding hydrogens is 174 g/mol. The Morgan fingerprint density at radius 1 is 1.29 bits per heavy atom. The van der Waals surface area contributed by atoms with Gasteiger partial charge in [0.1, 0.15) is 0 Å². The van der Waals surface area contributed by atoms with Crippen molar-refractivity contribution >= 4 is 5.91 Å². The molecule has 0 aliphatic carbocycles. The first-order valence-corrected chi connectivity index (χ1v) is 5.09. The van der Waals surface area contributed by atoms with Crippen molar-refractivity contribution in [1.29, 1.82) is 0 Å². The zero-order valence-electron chi connectivity index (χ0n) is 9.42. The second-order valence-electron chi connectivity index (χ2n) is 2.73. The summed E-state index contributed by atoms with van der Waals surface area (Å²) in [5.74, 6) is -0.00231. The highest BCUT2D eigenvalue weighted by Gasteiger charge is 2.01. The largest absolute Gasteiger partial charge is 0.352 e. The normalized spacial score (nSPS) is 8.57. The Labute approximate surface area is 87.8 Å². The maximum Gasteiger partial charge on any atom is 0.251 e. The van der Waals surface area contributed by atoms with Crippen LogP contribution in [0.1, 0.15) is 38.1 Å². The predicted molar refractivity (Wildman–Crippen MR) is 62.6 cm³/mol. The number of hydrogen-bond donors (Lipinski definition) is 1. The van der Waals surface area contributed by atoms with E-state index in [-0.39, 0.29) is 7.33 Å². The van der Waals surface area contributed by atoms with Crippen LogP contribution in [0.2, 0.25) is 0 Å².